The molecule has 0 bridgehead atoms. The molecule has 0 radical (unpaired) electrons. The van der Waals surface area contributed by atoms with Crippen LogP contribution in [0.4, 0.5) is 5.95 Å². The average Bonchev–Trinajstić information content (AvgIpc) is 3.08. The smallest absolute Gasteiger partial charge is 0.258 e. The van der Waals surface area contributed by atoms with E-state index >= 15 is 0 Å². The van der Waals surface area contributed by atoms with E-state index in [0.29, 0.717) is 5.69 Å². The summed E-state index contributed by atoms with van der Waals surface area (Å²) in [6.07, 6.45) is 1.80. The van der Waals surface area contributed by atoms with Crippen molar-refractivity contribution in [3.8, 4) is 5.69 Å². The highest BCUT2D eigenvalue weighted by Crippen LogP contribution is 2.28. The summed E-state index contributed by atoms with van der Waals surface area (Å²) in [5.41, 5.74) is 0.612. The molecule has 0 aliphatic heterocycles. The fraction of sp³-hybridized carbons (Fsp3) is 0.176. The number of hydrogen-bond donors (Lipinski definition) is 1. The molecule has 0 atom stereocenters. The molecular formula is C17H17N5O5S2. The summed E-state index contributed by atoms with van der Waals surface area (Å²) in [6, 6.07) is 11.2. The second-order valence-corrected chi connectivity index (χ2v) is 10.3. The normalized spacial score (nSPS) is 12.0. The first-order chi connectivity index (χ1) is 13.5. The van der Waals surface area contributed by atoms with Crippen LogP contribution in [0.25, 0.3) is 5.69 Å². The van der Waals surface area contributed by atoms with Crippen LogP contribution >= 0.6 is 0 Å². The van der Waals surface area contributed by atoms with Crippen LogP contribution in [0, 0.1) is 6.92 Å². The molecule has 0 saturated carbocycles. The van der Waals surface area contributed by atoms with Crippen molar-refractivity contribution in [2.24, 2.45) is 0 Å². The lowest BCUT2D eigenvalue weighted by atomic mass is 10.1. The number of tetrazole rings is 1. The van der Waals surface area contributed by atoms with Gasteiger partial charge < -0.3 is 0 Å². The lowest BCUT2D eigenvalue weighted by Gasteiger charge is -2.14. The number of rotatable bonds is 5. The van der Waals surface area contributed by atoms with Gasteiger partial charge in [-0.1, -0.05) is 23.3 Å². The van der Waals surface area contributed by atoms with Crippen LogP contribution in [-0.2, 0) is 19.7 Å². The Morgan fingerprint density at radius 1 is 0.966 bits per heavy atom. The minimum Gasteiger partial charge on any atom is -0.289 e. The van der Waals surface area contributed by atoms with Gasteiger partial charge in [-0.2, -0.15) is 4.68 Å². The molecule has 1 N–H and O–H groups in total. The fourth-order valence-corrected chi connectivity index (χ4v) is 5.66. The summed E-state index contributed by atoms with van der Waals surface area (Å²) in [7, 11) is -7.74. The van der Waals surface area contributed by atoms with Gasteiger partial charge in [0.05, 0.1) is 15.5 Å². The lowest BCUT2D eigenvalue weighted by Crippen LogP contribution is -2.19. The molecule has 152 valence electrons. The van der Waals surface area contributed by atoms with Gasteiger partial charge in [-0.25, -0.2) is 16.8 Å². The van der Waals surface area contributed by atoms with Crippen LogP contribution < -0.4 is 5.32 Å². The van der Waals surface area contributed by atoms with E-state index in [-0.39, 0.29) is 22.0 Å². The van der Waals surface area contributed by atoms with Crippen LogP contribution in [0.1, 0.15) is 15.9 Å². The topological polar surface area (TPSA) is 141 Å². The molecule has 0 fully saturated rings. The Kier molecular flexibility index (Phi) is 5.24. The van der Waals surface area contributed by atoms with Crippen molar-refractivity contribution in [1.82, 2.24) is 20.2 Å². The Balaban J connectivity index is 2.06. The van der Waals surface area contributed by atoms with Crippen molar-refractivity contribution < 1.29 is 21.6 Å². The maximum atomic E-state index is 12.8. The number of nitrogens with one attached hydrogen (secondary N) is 1. The average molecular weight is 435 g/mol. The minimum atomic E-state index is -3.92. The number of hydrogen-bond acceptors (Lipinski definition) is 8. The van der Waals surface area contributed by atoms with E-state index in [2.05, 4.69) is 20.8 Å². The zero-order valence-electron chi connectivity index (χ0n) is 15.7. The van der Waals surface area contributed by atoms with Crippen molar-refractivity contribution >= 4 is 31.5 Å². The van der Waals surface area contributed by atoms with Gasteiger partial charge in [0.1, 0.15) is 0 Å². The molecule has 12 heteroatoms. The number of anilines is 1. The summed E-state index contributed by atoms with van der Waals surface area (Å²) in [5.74, 6) is -0.659. The van der Waals surface area contributed by atoms with Crippen molar-refractivity contribution in [1.29, 1.82) is 0 Å². The van der Waals surface area contributed by atoms with Crippen LogP contribution in [0.3, 0.4) is 0 Å². The first-order valence-electron chi connectivity index (χ1n) is 8.19. The van der Waals surface area contributed by atoms with Gasteiger partial charge in [0.15, 0.2) is 19.7 Å². The third kappa shape index (κ3) is 4.17. The van der Waals surface area contributed by atoms with Gasteiger partial charge in [0, 0.05) is 18.1 Å². The number of amides is 1. The largest absolute Gasteiger partial charge is 0.289 e. The number of benzene rings is 2. The highest BCUT2D eigenvalue weighted by atomic mass is 32.2. The molecule has 10 nitrogen and oxygen atoms in total. The Labute approximate surface area is 167 Å². The van der Waals surface area contributed by atoms with E-state index in [4.69, 9.17) is 0 Å². The molecule has 3 rings (SSSR count). The molecule has 1 amide bonds. The molecule has 1 aromatic heterocycles. The molecule has 0 aliphatic rings. The monoisotopic (exact) mass is 435 g/mol. The second kappa shape index (κ2) is 7.37. The van der Waals surface area contributed by atoms with Gasteiger partial charge in [-0.15, -0.1) is 0 Å². The highest BCUT2D eigenvalue weighted by molar-refractivity contribution is 7.93. The molecule has 2 aromatic carbocycles. The standard InChI is InChI=1S/C17H17N5O5S2/c1-11-13(9-10-14(28(2,24)25)15(11)29(3,26)27)16(23)18-17-19-20-21-22(17)12-7-5-4-6-8-12/h4-10H,1-3H3,(H,18,19,21,23). The first-order valence-corrected chi connectivity index (χ1v) is 12.0. The number of carbonyl (C=O) groups is 1. The Morgan fingerprint density at radius 2 is 1.62 bits per heavy atom. The number of sulfone groups is 2. The van der Waals surface area contributed by atoms with E-state index in [1.54, 1.807) is 24.3 Å². The summed E-state index contributed by atoms with van der Waals surface area (Å²) in [6.45, 7) is 1.38. The predicted octanol–water partition coefficient (Wildman–Crippen LogP) is 1.03. The maximum absolute atomic E-state index is 12.8. The third-order valence-corrected chi connectivity index (χ3v) is 6.62. The number of carbonyl (C=O) groups excluding carboxylic acids is 1. The van der Waals surface area contributed by atoms with Gasteiger partial charge in [0.25, 0.3) is 11.9 Å². The zero-order chi connectivity index (χ0) is 21.4. The summed E-state index contributed by atoms with van der Waals surface area (Å²) in [4.78, 5) is 12.0. The minimum absolute atomic E-state index is 0.0135. The Morgan fingerprint density at radius 3 is 2.21 bits per heavy atom. The molecular weight excluding hydrogens is 418 g/mol. The summed E-state index contributed by atoms with van der Waals surface area (Å²) >= 11 is 0. The Bertz CT molecular complexity index is 1300. The third-order valence-electron chi connectivity index (χ3n) is 4.08. The number of nitrogens with zero attached hydrogens (tertiary/aromatic N) is 4. The van der Waals surface area contributed by atoms with Crippen LogP contribution in [-0.4, -0.2) is 55.5 Å². The fourth-order valence-electron chi connectivity index (χ4n) is 2.84. The Hall–Kier alpha value is -3.12. The quantitative estimate of drug-likeness (QED) is 0.626. The van der Waals surface area contributed by atoms with Gasteiger partial charge >= 0.3 is 0 Å². The van der Waals surface area contributed by atoms with Crippen molar-refractivity contribution in [2.75, 3.05) is 17.8 Å². The van der Waals surface area contributed by atoms with Crippen molar-refractivity contribution in [3.05, 3.63) is 53.6 Å². The van der Waals surface area contributed by atoms with Crippen molar-refractivity contribution in [2.45, 2.75) is 16.7 Å². The SMILES string of the molecule is Cc1c(C(=O)Nc2nnnn2-c2ccccc2)ccc(S(C)(=O)=O)c1S(C)(=O)=O. The first kappa shape index (κ1) is 20.6. The molecule has 0 aliphatic carbocycles. The zero-order valence-corrected chi connectivity index (χ0v) is 17.3. The molecule has 1 heterocycles. The van der Waals surface area contributed by atoms with Gasteiger partial charge in [0.2, 0.25) is 0 Å². The van der Waals surface area contributed by atoms with E-state index in [1.807, 2.05) is 6.07 Å². The molecule has 29 heavy (non-hydrogen) atoms. The maximum Gasteiger partial charge on any atom is 0.258 e. The number of para-hydroxylation sites is 1. The van der Waals surface area contributed by atoms with Crippen molar-refractivity contribution in [3.63, 3.8) is 0 Å². The molecule has 0 saturated heterocycles. The van der Waals surface area contributed by atoms with Gasteiger partial charge in [-0.3, -0.25) is 10.1 Å². The second-order valence-electron chi connectivity index (χ2n) is 6.31. The highest BCUT2D eigenvalue weighted by Gasteiger charge is 2.27. The van der Waals surface area contributed by atoms with Gasteiger partial charge in [-0.05, 0) is 47.2 Å². The van der Waals surface area contributed by atoms with Crippen LogP contribution in [0.2, 0.25) is 0 Å². The molecule has 3 aromatic rings. The lowest BCUT2D eigenvalue weighted by molar-refractivity contribution is 0.102. The van der Waals surface area contributed by atoms with E-state index < -0.39 is 30.5 Å². The number of aromatic nitrogens is 4. The summed E-state index contributed by atoms with van der Waals surface area (Å²) < 4.78 is 49.7. The van der Waals surface area contributed by atoms with E-state index in [9.17, 15) is 21.6 Å². The predicted molar refractivity (Wildman–Crippen MR) is 105 cm³/mol. The summed E-state index contributed by atoms with van der Waals surface area (Å²) in [5, 5.41) is 13.7. The van der Waals surface area contributed by atoms with E-state index in [1.165, 1.54) is 17.7 Å². The van der Waals surface area contributed by atoms with Crippen LogP contribution in [0.5, 0.6) is 0 Å². The molecule has 0 unspecified atom stereocenters. The van der Waals surface area contributed by atoms with E-state index in [0.717, 1.165) is 18.6 Å². The van der Waals surface area contributed by atoms with Crippen LogP contribution in [0.15, 0.2) is 52.3 Å². The molecule has 0 spiro atoms.